The van der Waals surface area contributed by atoms with Crippen molar-refractivity contribution < 1.29 is 4.74 Å². The Labute approximate surface area is 89.4 Å². The minimum atomic E-state index is 0.816. The van der Waals surface area contributed by atoms with Gasteiger partial charge >= 0.3 is 0 Å². The van der Waals surface area contributed by atoms with E-state index < -0.39 is 0 Å². The van der Waals surface area contributed by atoms with Crippen molar-refractivity contribution in [1.82, 2.24) is 0 Å². The lowest BCUT2D eigenvalue weighted by Gasteiger charge is -2.09. The average Bonchev–Trinajstić information content (AvgIpc) is 2.03. The third kappa shape index (κ3) is 2.02. The van der Waals surface area contributed by atoms with Gasteiger partial charge < -0.3 is 4.74 Å². The molecule has 0 radical (unpaired) electrons. The number of benzene rings is 1. The van der Waals surface area contributed by atoms with E-state index in [0.29, 0.717) is 0 Å². The van der Waals surface area contributed by atoms with E-state index in [1.165, 1.54) is 11.1 Å². The molecule has 0 saturated carbocycles. The Morgan fingerprint density at radius 1 is 1.42 bits per heavy atom. The molecular weight excluding hydrogens is 284 g/mol. The Balaban J connectivity index is 3.24. The van der Waals surface area contributed by atoms with E-state index in [1.807, 2.05) is 6.07 Å². The van der Waals surface area contributed by atoms with Gasteiger partial charge in [-0.1, -0.05) is 22.0 Å². The molecule has 0 spiro atoms. The number of aryl methyl sites for hydroxylation is 1. The predicted octanol–water partition coefficient (Wildman–Crippen LogP) is 3.66. The van der Waals surface area contributed by atoms with E-state index in [2.05, 4.69) is 44.8 Å². The number of alkyl halides is 1. The van der Waals surface area contributed by atoms with Gasteiger partial charge in [0, 0.05) is 10.9 Å². The van der Waals surface area contributed by atoms with Crippen molar-refractivity contribution in [2.45, 2.75) is 12.3 Å². The van der Waals surface area contributed by atoms with Crippen molar-refractivity contribution in [3.05, 3.63) is 27.7 Å². The predicted molar refractivity (Wildman–Crippen MR) is 58.1 cm³/mol. The van der Waals surface area contributed by atoms with Gasteiger partial charge in [0.1, 0.15) is 5.75 Å². The summed E-state index contributed by atoms with van der Waals surface area (Å²) in [4.78, 5) is 0. The van der Waals surface area contributed by atoms with E-state index in [1.54, 1.807) is 7.11 Å². The molecule has 0 bridgehead atoms. The van der Waals surface area contributed by atoms with Gasteiger partial charge in [0.25, 0.3) is 0 Å². The molecule has 0 atom stereocenters. The van der Waals surface area contributed by atoms with Gasteiger partial charge in [-0.3, -0.25) is 0 Å². The summed E-state index contributed by atoms with van der Waals surface area (Å²) in [5.41, 5.74) is 2.40. The molecule has 0 aliphatic rings. The molecular formula is C9H10Br2O. The second-order valence-corrected chi connectivity index (χ2v) is 3.99. The normalized spacial score (nSPS) is 10.0. The molecule has 0 heterocycles. The number of methoxy groups -OCH3 is 1. The maximum atomic E-state index is 5.25. The number of hydrogen-bond acceptors (Lipinski definition) is 1. The zero-order valence-corrected chi connectivity index (χ0v) is 10.2. The molecule has 3 heteroatoms. The van der Waals surface area contributed by atoms with Crippen LogP contribution in [0.4, 0.5) is 0 Å². The van der Waals surface area contributed by atoms with Crippen molar-refractivity contribution in [2.75, 3.05) is 7.11 Å². The maximum absolute atomic E-state index is 5.25. The van der Waals surface area contributed by atoms with Crippen molar-refractivity contribution in [3.63, 3.8) is 0 Å². The topological polar surface area (TPSA) is 9.23 Å². The molecule has 0 aliphatic heterocycles. The van der Waals surface area contributed by atoms with E-state index in [-0.39, 0.29) is 0 Å². The molecule has 0 N–H and O–H groups in total. The van der Waals surface area contributed by atoms with Crippen LogP contribution in [0.3, 0.4) is 0 Å². The molecule has 1 aromatic rings. The van der Waals surface area contributed by atoms with Crippen LogP contribution in [0.5, 0.6) is 5.75 Å². The summed E-state index contributed by atoms with van der Waals surface area (Å²) in [6.45, 7) is 2.07. The first-order valence-corrected chi connectivity index (χ1v) is 5.49. The summed E-state index contributed by atoms with van der Waals surface area (Å²) < 4.78 is 6.26. The molecule has 1 rings (SSSR count). The third-order valence-corrected chi connectivity index (χ3v) is 2.81. The molecule has 1 nitrogen and oxygen atoms in total. The summed E-state index contributed by atoms with van der Waals surface area (Å²) in [5.74, 6) is 0.914. The van der Waals surface area contributed by atoms with Gasteiger partial charge in [-0.2, -0.15) is 0 Å². The first-order valence-electron chi connectivity index (χ1n) is 3.58. The summed E-state index contributed by atoms with van der Waals surface area (Å²) in [6, 6.07) is 4.16. The smallest absolute Gasteiger partial charge is 0.137 e. The van der Waals surface area contributed by atoms with E-state index in [0.717, 1.165) is 15.6 Å². The quantitative estimate of drug-likeness (QED) is 0.756. The number of rotatable bonds is 2. The van der Waals surface area contributed by atoms with Crippen LogP contribution >= 0.6 is 31.9 Å². The van der Waals surface area contributed by atoms with Crippen LogP contribution in [-0.4, -0.2) is 7.11 Å². The largest absolute Gasteiger partial charge is 0.495 e. The molecule has 0 unspecified atom stereocenters. The molecule has 66 valence electrons. The molecule has 0 saturated heterocycles. The SMILES string of the molecule is COc1c(Br)cc(C)cc1CBr. The van der Waals surface area contributed by atoms with Gasteiger partial charge in [0.2, 0.25) is 0 Å². The third-order valence-electron chi connectivity index (χ3n) is 1.61. The molecule has 0 aliphatic carbocycles. The Morgan fingerprint density at radius 3 is 2.58 bits per heavy atom. The van der Waals surface area contributed by atoms with Crippen LogP contribution in [0.25, 0.3) is 0 Å². The summed E-state index contributed by atoms with van der Waals surface area (Å²) >= 11 is 6.87. The zero-order chi connectivity index (χ0) is 9.14. The lowest BCUT2D eigenvalue weighted by Crippen LogP contribution is -1.91. The van der Waals surface area contributed by atoms with Crippen LogP contribution in [0, 0.1) is 6.92 Å². The number of ether oxygens (including phenoxy) is 1. The number of hydrogen-bond donors (Lipinski definition) is 0. The van der Waals surface area contributed by atoms with Gasteiger partial charge in [0.05, 0.1) is 11.6 Å². The van der Waals surface area contributed by atoms with E-state index >= 15 is 0 Å². The summed E-state index contributed by atoms with van der Waals surface area (Å²) in [6.07, 6.45) is 0. The monoisotopic (exact) mass is 292 g/mol. The first kappa shape index (κ1) is 10.1. The zero-order valence-electron chi connectivity index (χ0n) is 7.03. The van der Waals surface area contributed by atoms with Crippen molar-refractivity contribution in [2.24, 2.45) is 0 Å². The lowest BCUT2D eigenvalue weighted by atomic mass is 10.1. The minimum absolute atomic E-state index is 0.816. The number of halogens is 2. The second kappa shape index (κ2) is 4.28. The maximum Gasteiger partial charge on any atom is 0.137 e. The van der Waals surface area contributed by atoms with Crippen LogP contribution < -0.4 is 4.74 Å². The molecule has 0 amide bonds. The Bertz CT molecular complexity index is 284. The molecule has 0 aromatic heterocycles. The van der Waals surface area contributed by atoms with Crippen molar-refractivity contribution in [1.29, 1.82) is 0 Å². The van der Waals surface area contributed by atoms with E-state index in [9.17, 15) is 0 Å². The van der Waals surface area contributed by atoms with Crippen LogP contribution in [0.1, 0.15) is 11.1 Å². The highest BCUT2D eigenvalue weighted by Crippen LogP contribution is 2.31. The van der Waals surface area contributed by atoms with Crippen molar-refractivity contribution >= 4 is 31.9 Å². The minimum Gasteiger partial charge on any atom is -0.495 e. The first-order chi connectivity index (χ1) is 5.69. The fraction of sp³-hybridized carbons (Fsp3) is 0.333. The Morgan fingerprint density at radius 2 is 2.08 bits per heavy atom. The standard InChI is InChI=1S/C9H10Br2O/c1-6-3-7(5-10)9(12-2)8(11)4-6/h3-4H,5H2,1-2H3. The summed E-state index contributed by atoms with van der Waals surface area (Å²) in [7, 11) is 1.68. The highest BCUT2D eigenvalue weighted by atomic mass is 79.9. The second-order valence-electron chi connectivity index (χ2n) is 2.57. The summed E-state index contributed by atoms with van der Waals surface area (Å²) in [5, 5.41) is 0.816. The fourth-order valence-corrected chi connectivity index (χ4v) is 2.32. The van der Waals surface area contributed by atoms with Gasteiger partial charge in [0.15, 0.2) is 0 Å². The molecule has 0 fully saturated rings. The highest BCUT2D eigenvalue weighted by molar-refractivity contribution is 9.10. The van der Waals surface area contributed by atoms with Crippen LogP contribution in [0.15, 0.2) is 16.6 Å². The Hall–Kier alpha value is -0.0200. The van der Waals surface area contributed by atoms with Crippen LogP contribution in [-0.2, 0) is 5.33 Å². The Kier molecular flexibility index (Phi) is 3.59. The van der Waals surface area contributed by atoms with E-state index in [4.69, 9.17) is 4.74 Å². The van der Waals surface area contributed by atoms with Crippen molar-refractivity contribution in [3.8, 4) is 5.75 Å². The van der Waals surface area contributed by atoms with Crippen LogP contribution in [0.2, 0.25) is 0 Å². The van der Waals surface area contributed by atoms with Gasteiger partial charge in [-0.25, -0.2) is 0 Å². The lowest BCUT2D eigenvalue weighted by molar-refractivity contribution is 0.408. The average molecular weight is 294 g/mol. The molecule has 12 heavy (non-hydrogen) atoms. The van der Waals surface area contributed by atoms with Gasteiger partial charge in [-0.05, 0) is 34.5 Å². The highest BCUT2D eigenvalue weighted by Gasteiger charge is 2.06. The van der Waals surface area contributed by atoms with Gasteiger partial charge in [-0.15, -0.1) is 0 Å². The molecule has 1 aromatic carbocycles. The fourth-order valence-electron chi connectivity index (χ4n) is 1.13.